The Kier molecular flexibility index (Phi) is 12.1. The summed E-state index contributed by atoms with van der Waals surface area (Å²) in [5.41, 5.74) is 3.38. The lowest BCUT2D eigenvalue weighted by Crippen LogP contribution is -2.40. The van der Waals surface area contributed by atoms with Crippen LogP contribution in [0.4, 0.5) is 0 Å². The smallest absolute Gasteiger partial charge is 0.191 e. The van der Waals surface area contributed by atoms with E-state index < -0.39 is 0 Å². The highest BCUT2D eigenvalue weighted by Gasteiger charge is 2.10. The van der Waals surface area contributed by atoms with Gasteiger partial charge in [0.1, 0.15) is 0 Å². The van der Waals surface area contributed by atoms with Crippen LogP contribution in [0.1, 0.15) is 50.1 Å². The number of halogens is 1. The quantitative estimate of drug-likeness (QED) is 0.307. The number of nitrogens with zero attached hydrogens (tertiary/aromatic N) is 3. The zero-order chi connectivity index (χ0) is 17.2. The average molecular weight is 451 g/mol. The standard InChI is InChI=1S/C17H33N5O.HI/c1-6-8-15(9-10-23)11-19-17(18-7-2)20-12-16-13(3)21-22(5)14(16)4;/h15,23H,6-12H2,1-5H3,(H2,18,19,20);1H. The Labute approximate surface area is 163 Å². The predicted octanol–water partition coefficient (Wildman–Crippen LogP) is 2.51. The molecule has 1 aromatic rings. The lowest BCUT2D eigenvalue weighted by Gasteiger charge is -2.18. The van der Waals surface area contributed by atoms with Gasteiger partial charge in [-0.15, -0.1) is 24.0 Å². The van der Waals surface area contributed by atoms with Crippen LogP contribution in [0.25, 0.3) is 0 Å². The van der Waals surface area contributed by atoms with Crippen molar-refractivity contribution in [3.05, 3.63) is 17.0 Å². The Balaban J connectivity index is 0.00000529. The molecule has 0 aliphatic rings. The topological polar surface area (TPSA) is 74.5 Å². The molecule has 1 unspecified atom stereocenters. The molecule has 1 atom stereocenters. The summed E-state index contributed by atoms with van der Waals surface area (Å²) in [6, 6.07) is 0. The molecule has 0 saturated carbocycles. The number of nitrogens with one attached hydrogen (secondary N) is 2. The van der Waals surface area contributed by atoms with E-state index in [1.54, 1.807) is 0 Å². The summed E-state index contributed by atoms with van der Waals surface area (Å²) in [5.74, 6) is 1.31. The largest absolute Gasteiger partial charge is 0.396 e. The zero-order valence-corrected chi connectivity index (χ0v) is 18.1. The summed E-state index contributed by atoms with van der Waals surface area (Å²) in [5, 5.41) is 20.3. The molecule has 6 nitrogen and oxygen atoms in total. The average Bonchev–Trinajstić information content (AvgIpc) is 2.75. The molecule has 140 valence electrons. The number of guanidine groups is 1. The molecule has 3 N–H and O–H groups in total. The number of aryl methyl sites for hydroxylation is 2. The van der Waals surface area contributed by atoms with E-state index in [0.29, 0.717) is 12.5 Å². The van der Waals surface area contributed by atoms with Gasteiger partial charge >= 0.3 is 0 Å². The van der Waals surface area contributed by atoms with Crippen LogP contribution in [0.5, 0.6) is 0 Å². The molecule has 1 heterocycles. The van der Waals surface area contributed by atoms with E-state index in [2.05, 4.69) is 41.5 Å². The predicted molar refractivity (Wildman–Crippen MR) is 111 cm³/mol. The van der Waals surface area contributed by atoms with Crippen LogP contribution >= 0.6 is 24.0 Å². The fourth-order valence-corrected chi connectivity index (χ4v) is 2.73. The molecule has 0 spiro atoms. The van der Waals surface area contributed by atoms with Crippen molar-refractivity contribution >= 4 is 29.9 Å². The maximum absolute atomic E-state index is 9.16. The molecule has 0 aliphatic heterocycles. The molecule has 1 rings (SSSR count). The van der Waals surface area contributed by atoms with Crippen LogP contribution in [0.15, 0.2) is 4.99 Å². The number of aliphatic imine (C=N–C) groups is 1. The van der Waals surface area contributed by atoms with Crippen molar-refractivity contribution in [1.82, 2.24) is 20.4 Å². The first-order valence-electron chi connectivity index (χ1n) is 8.65. The van der Waals surface area contributed by atoms with Crippen LogP contribution in [-0.2, 0) is 13.6 Å². The van der Waals surface area contributed by atoms with Crippen LogP contribution in [-0.4, -0.2) is 40.5 Å². The lowest BCUT2D eigenvalue weighted by atomic mass is 10.0. The summed E-state index contributed by atoms with van der Waals surface area (Å²) in [7, 11) is 1.96. The molecule has 0 amide bonds. The summed E-state index contributed by atoms with van der Waals surface area (Å²) in [6.45, 7) is 10.9. The van der Waals surface area contributed by atoms with Crippen LogP contribution < -0.4 is 10.6 Å². The number of aromatic nitrogens is 2. The third-order valence-electron chi connectivity index (χ3n) is 4.19. The molecule has 24 heavy (non-hydrogen) atoms. The number of hydrogen-bond donors (Lipinski definition) is 3. The van der Waals surface area contributed by atoms with E-state index in [4.69, 9.17) is 5.11 Å². The Morgan fingerprint density at radius 2 is 1.96 bits per heavy atom. The minimum Gasteiger partial charge on any atom is -0.396 e. The normalized spacial score (nSPS) is 12.7. The number of hydrogen-bond acceptors (Lipinski definition) is 3. The summed E-state index contributed by atoms with van der Waals surface area (Å²) < 4.78 is 1.90. The van der Waals surface area contributed by atoms with Gasteiger partial charge in [0, 0.05) is 38.0 Å². The molecule has 0 aromatic carbocycles. The molecule has 0 saturated heterocycles. The first kappa shape index (κ1) is 23.2. The molecule has 7 heteroatoms. The summed E-state index contributed by atoms with van der Waals surface area (Å²) in [4.78, 5) is 4.69. The van der Waals surface area contributed by atoms with Crippen molar-refractivity contribution in [2.24, 2.45) is 18.0 Å². The van der Waals surface area contributed by atoms with Gasteiger partial charge in [0.15, 0.2) is 5.96 Å². The van der Waals surface area contributed by atoms with Crippen LogP contribution in [0.3, 0.4) is 0 Å². The monoisotopic (exact) mass is 451 g/mol. The van der Waals surface area contributed by atoms with E-state index >= 15 is 0 Å². The maximum Gasteiger partial charge on any atom is 0.191 e. The zero-order valence-electron chi connectivity index (χ0n) is 15.7. The van der Waals surface area contributed by atoms with E-state index in [1.165, 1.54) is 5.56 Å². The molecule has 0 radical (unpaired) electrons. The van der Waals surface area contributed by atoms with E-state index in [0.717, 1.165) is 49.7 Å². The van der Waals surface area contributed by atoms with Gasteiger partial charge in [-0.3, -0.25) is 4.68 Å². The number of aliphatic hydroxyl groups is 1. The highest BCUT2D eigenvalue weighted by atomic mass is 127. The van der Waals surface area contributed by atoms with Gasteiger partial charge in [0.2, 0.25) is 0 Å². The SMILES string of the molecule is CCCC(CCO)CNC(=NCc1c(C)nn(C)c1C)NCC.I. The Morgan fingerprint density at radius 1 is 1.25 bits per heavy atom. The first-order valence-corrected chi connectivity index (χ1v) is 8.65. The van der Waals surface area contributed by atoms with E-state index in [1.807, 2.05) is 18.7 Å². The molecule has 1 aromatic heterocycles. The van der Waals surface area contributed by atoms with Crippen molar-refractivity contribution in [3.8, 4) is 0 Å². The third-order valence-corrected chi connectivity index (χ3v) is 4.19. The van der Waals surface area contributed by atoms with Crippen molar-refractivity contribution in [2.75, 3.05) is 19.7 Å². The summed E-state index contributed by atoms with van der Waals surface area (Å²) >= 11 is 0. The van der Waals surface area contributed by atoms with Crippen LogP contribution in [0.2, 0.25) is 0 Å². The van der Waals surface area contributed by atoms with Gasteiger partial charge in [0.05, 0.1) is 12.2 Å². The van der Waals surface area contributed by atoms with E-state index in [9.17, 15) is 0 Å². The highest BCUT2D eigenvalue weighted by Crippen LogP contribution is 2.13. The van der Waals surface area contributed by atoms with Gasteiger partial charge in [-0.2, -0.15) is 5.10 Å². The van der Waals surface area contributed by atoms with Gasteiger partial charge in [0.25, 0.3) is 0 Å². The minimum absolute atomic E-state index is 0. The van der Waals surface area contributed by atoms with Gasteiger partial charge in [-0.25, -0.2) is 4.99 Å². The van der Waals surface area contributed by atoms with Gasteiger partial charge in [-0.1, -0.05) is 13.3 Å². The molecule has 0 fully saturated rings. The second kappa shape index (κ2) is 12.5. The van der Waals surface area contributed by atoms with Crippen molar-refractivity contribution in [1.29, 1.82) is 0 Å². The lowest BCUT2D eigenvalue weighted by molar-refractivity contribution is 0.251. The highest BCUT2D eigenvalue weighted by molar-refractivity contribution is 14.0. The second-order valence-electron chi connectivity index (χ2n) is 6.02. The fourth-order valence-electron chi connectivity index (χ4n) is 2.73. The van der Waals surface area contributed by atoms with E-state index in [-0.39, 0.29) is 30.6 Å². The summed E-state index contributed by atoms with van der Waals surface area (Å²) in [6.07, 6.45) is 3.09. The first-order chi connectivity index (χ1) is 11.0. The fraction of sp³-hybridized carbons (Fsp3) is 0.765. The minimum atomic E-state index is 0. The van der Waals surface area contributed by atoms with Crippen molar-refractivity contribution in [3.63, 3.8) is 0 Å². The number of rotatable bonds is 9. The molecule has 0 bridgehead atoms. The Morgan fingerprint density at radius 3 is 2.46 bits per heavy atom. The maximum atomic E-state index is 9.16. The third kappa shape index (κ3) is 7.38. The molecular formula is C17H34IN5O. The van der Waals surface area contributed by atoms with Gasteiger partial charge in [-0.05, 0) is 39.5 Å². The van der Waals surface area contributed by atoms with Crippen molar-refractivity contribution < 1.29 is 5.11 Å². The second-order valence-corrected chi connectivity index (χ2v) is 6.02. The Bertz CT molecular complexity index is 495. The van der Waals surface area contributed by atoms with Gasteiger partial charge < -0.3 is 15.7 Å². The molecular weight excluding hydrogens is 417 g/mol. The molecule has 0 aliphatic carbocycles. The van der Waals surface area contributed by atoms with Crippen molar-refractivity contribution in [2.45, 2.75) is 53.5 Å². The Hall–Kier alpha value is -0.830. The van der Waals surface area contributed by atoms with Crippen LogP contribution in [0, 0.1) is 19.8 Å². The number of aliphatic hydroxyl groups excluding tert-OH is 1.